The fourth-order valence-electron chi connectivity index (χ4n) is 1.14. The first-order valence-corrected chi connectivity index (χ1v) is 6.46. The molecule has 0 aliphatic rings. The molecule has 0 aliphatic carbocycles. The Balaban J connectivity index is 3.74. The molecule has 0 unspecified atom stereocenters. The first-order chi connectivity index (χ1) is 7.94. The highest BCUT2D eigenvalue weighted by Gasteiger charge is 2.38. The molecule has 0 radical (unpaired) electrons. The van der Waals surface area contributed by atoms with Crippen molar-refractivity contribution in [2.75, 3.05) is 6.26 Å². The molecular formula is C8H5ClF3NO4S. The number of nitrogens with zero attached hydrogens (tertiary/aromatic N) is 1. The van der Waals surface area contributed by atoms with E-state index in [1.807, 2.05) is 0 Å². The van der Waals surface area contributed by atoms with E-state index in [4.69, 9.17) is 11.6 Å². The van der Waals surface area contributed by atoms with E-state index < -0.39 is 42.1 Å². The van der Waals surface area contributed by atoms with Crippen LogP contribution in [-0.2, 0) is 16.0 Å². The van der Waals surface area contributed by atoms with Crippen LogP contribution in [0.3, 0.4) is 0 Å². The SMILES string of the molecule is CS(=O)(=O)c1cc([N+](=O)[O-])c(Cl)c(C(F)(F)F)c1. The minimum absolute atomic E-state index is 0.269. The van der Waals surface area contributed by atoms with Gasteiger partial charge in [-0.2, -0.15) is 13.2 Å². The zero-order chi connectivity index (χ0) is 14.3. The van der Waals surface area contributed by atoms with Gasteiger partial charge in [-0.05, 0) is 6.07 Å². The molecule has 0 atom stereocenters. The second-order valence-corrected chi connectivity index (χ2v) is 5.72. The van der Waals surface area contributed by atoms with Gasteiger partial charge in [0.15, 0.2) is 9.84 Å². The maximum absolute atomic E-state index is 12.6. The van der Waals surface area contributed by atoms with Crippen LogP contribution in [0.15, 0.2) is 17.0 Å². The lowest BCUT2D eigenvalue weighted by Gasteiger charge is -2.10. The normalized spacial score (nSPS) is 12.5. The summed E-state index contributed by atoms with van der Waals surface area (Å²) >= 11 is 5.25. The predicted molar refractivity (Wildman–Crippen MR) is 56.2 cm³/mol. The first kappa shape index (κ1) is 14.7. The predicted octanol–water partition coefficient (Wildman–Crippen LogP) is 2.67. The molecule has 0 spiro atoms. The Bertz CT molecular complexity index is 612. The smallest absolute Gasteiger partial charge is 0.258 e. The number of sulfone groups is 1. The van der Waals surface area contributed by atoms with Gasteiger partial charge in [-0.3, -0.25) is 10.1 Å². The van der Waals surface area contributed by atoms with Gasteiger partial charge in [0, 0.05) is 12.3 Å². The molecule has 0 aliphatic heterocycles. The van der Waals surface area contributed by atoms with Gasteiger partial charge in [0.05, 0.1) is 15.4 Å². The molecular weight excluding hydrogens is 299 g/mol. The topological polar surface area (TPSA) is 77.3 Å². The van der Waals surface area contributed by atoms with E-state index in [0.717, 1.165) is 0 Å². The van der Waals surface area contributed by atoms with E-state index >= 15 is 0 Å². The Morgan fingerprint density at radius 3 is 2.17 bits per heavy atom. The van der Waals surface area contributed by atoms with Crippen LogP contribution < -0.4 is 0 Å². The van der Waals surface area contributed by atoms with Crippen LogP contribution in [0.1, 0.15) is 5.56 Å². The van der Waals surface area contributed by atoms with Gasteiger partial charge < -0.3 is 0 Å². The third-order valence-corrected chi connectivity index (χ3v) is 3.45. The van der Waals surface area contributed by atoms with Crippen molar-refractivity contribution in [1.82, 2.24) is 0 Å². The molecule has 0 aromatic heterocycles. The van der Waals surface area contributed by atoms with Crippen molar-refractivity contribution in [3.05, 3.63) is 32.8 Å². The molecule has 0 bridgehead atoms. The van der Waals surface area contributed by atoms with E-state index in [0.29, 0.717) is 12.3 Å². The Morgan fingerprint density at radius 2 is 1.83 bits per heavy atom. The second kappa shape index (κ2) is 4.39. The van der Waals surface area contributed by atoms with Gasteiger partial charge in [0.1, 0.15) is 5.02 Å². The van der Waals surface area contributed by atoms with Gasteiger partial charge >= 0.3 is 6.18 Å². The number of nitro benzene ring substituents is 1. The number of rotatable bonds is 2. The lowest BCUT2D eigenvalue weighted by molar-refractivity contribution is -0.385. The van der Waals surface area contributed by atoms with Gasteiger partial charge in [0.2, 0.25) is 0 Å². The van der Waals surface area contributed by atoms with Crippen molar-refractivity contribution in [3.63, 3.8) is 0 Å². The Kier molecular flexibility index (Phi) is 3.59. The summed E-state index contributed by atoms with van der Waals surface area (Å²) in [5, 5.41) is 9.40. The van der Waals surface area contributed by atoms with E-state index in [1.165, 1.54) is 0 Å². The molecule has 0 saturated heterocycles. The summed E-state index contributed by atoms with van der Waals surface area (Å²) in [7, 11) is -4.02. The molecule has 10 heteroatoms. The molecule has 0 N–H and O–H groups in total. The number of hydrogen-bond donors (Lipinski definition) is 0. The van der Waals surface area contributed by atoms with Crippen molar-refractivity contribution < 1.29 is 26.5 Å². The van der Waals surface area contributed by atoms with Crippen molar-refractivity contribution >= 4 is 27.1 Å². The van der Waals surface area contributed by atoms with Crippen LogP contribution in [-0.4, -0.2) is 19.6 Å². The summed E-state index contributed by atoms with van der Waals surface area (Å²) in [6.07, 6.45) is -4.34. The molecule has 0 fully saturated rings. The Morgan fingerprint density at radius 1 is 1.33 bits per heavy atom. The molecule has 5 nitrogen and oxygen atoms in total. The standard InChI is InChI=1S/C8H5ClF3NO4S/c1-18(16,17)4-2-5(8(10,11)12)7(9)6(3-4)13(14)15/h2-3H,1H3. The number of hydrogen-bond acceptors (Lipinski definition) is 4. The zero-order valence-corrected chi connectivity index (χ0v) is 10.2. The first-order valence-electron chi connectivity index (χ1n) is 4.20. The number of benzene rings is 1. The van der Waals surface area contributed by atoms with Crippen molar-refractivity contribution in [2.45, 2.75) is 11.1 Å². The third-order valence-electron chi connectivity index (χ3n) is 1.96. The van der Waals surface area contributed by atoms with Gasteiger partial charge in [0.25, 0.3) is 5.69 Å². The third kappa shape index (κ3) is 2.91. The molecule has 1 aromatic carbocycles. The summed E-state index contributed by atoms with van der Waals surface area (Å²) in [6.45, 7) is 0. The van der Waals surface area contributed by atoms with E-state index in [9.17, 15) is 31.7 Å². The van der Waals surface area contributed by atoms with Gasteiger partial charge in [-0.1, -0.05) is 11.6 Å². The highest BCUT2D eigenvalue weighted by atomic mass is 35.5. The van der Waals surface area contributed by atoms with Crippen LogP contribution >= 0.6 is 11.6 Å². The Labute approximate surface area is 104 Å². The molecule has 100 valence electrons. The largest absolute Gasteiger partial charge is 0.418 e. The van der Waals surface area contributed by atoms with Crippen LogP contribution in [0, 0.1) is 10.1 Å². The molecule has 1 rings (SSSR count). The van der Waals surface area contributed by atoms with E-state index in [1.54, 1.807) is 0 Å². The van der Waals surface area contributed by atoms with Crippen molar-refractivity contribution in [2.24, 2.45) is 0 Å². The molecule has 0 amide bonds. The highest BCUT2D eigenvalue weighted by molar-refractivity contribution is 7.90. The van der Waals surface area contributed by atoms with E-state index in [-0.39, 0.29) is 6.07 Å². The van der Waals surface area contributed by atoms with E-state index in [2.05, 4.69) is 0 Å². The monoisotopic (exact) mass is 303 g/mol. The van der Waals surface area contributed by atoms with Gasteiger partial charge in [-0.25, -0.2) is 8.42 Å². The van der Waals surface area contributed by atoms with Crippen LogP contribution in [0.4, 0.5) is 18.9 Å². The maximum Gasteiger partial charge on any atom is 0.418 e. The lowest BCUT2D eigenvalue weighted by atomic mass is 10.2. The average Bonchev–Trinajstić information content (AvgIpc) is 2.13. The van der Waals surface area contributed by atoms with Crippen molar-refractivity contribution in [1.29, 1.82) is 0 Å². The Hall–Kier alpha value is -1.35. The fraction of sp³-hybridized carbons (Fsp3) is 0.250. The van der Waals surface area contributed by atoms with Crippen LogP contribution in [0.2, 0.25) is 5.02 Å². The van der Waals surface area contributed by atoms with Crippen LogP contribution in [0.5, 0.6) is 0 Å². The van der Waals surface area contributed by atoms with Gasteiger partial charge in [-0.15, -0.1) is 0 Å². The minimum atomic E-state index is -4.98. The molecule has 0 heterocycles. The summed E-state index contributed by atoms with van der Waals surface area (Å²) < 4.78 is 60.0. The molecule has 1 aromatic rings. The highest BCUT2D eigenvalue weighted by Crippen LogP contribution is 2.40. The summed E-state index contributed by atoms with van der Waals surface area (Å²) in [6, 6.07) is 0.761. The van der Waals surface area contributed by atoms with Crippen molar-refractivity contribution in [3.8, 4) is 0 Å². The minimum Gasteiger partial charge on any atom is -0.258 e. The number of nitro groups is 1. The number of alkyl halides is 3. The zero-order valence-electron chi connectivity index (χ0n) is 8.66. The lowest BCUT2D eigenvalue weighted by Crippen LogP contribution is -2.10. The second-order valence-electron chi connectivity index (χ2n) is 3.33. The summed E-state index contributed by atoms with van der Waals surface area (Å²) in [5.41, 5.74) is -2.66. The van der Waals surface area contributed by atoms with Crippen LogP contribution in [0.25, 0.3) is 0 Å². The molecule has 0 saturated carbocycles. The average molecular weight is 304 g/mol. The fourth-order valence-corrected chi connectivity index (χ4v) is 2.08. The summed E-state index contributed by atoms with van der Waals surface area (Å²) in [5.74, 6) is 0. The summed E-state index contributed by atoms with van der Waals surface area (Å²) in [4.78, 5) is 8.55. The maximum atomic E-state index is 12.6. The quantitative estimate of drug-likeness (QED) is 0.621. The number of halogens is 4. The molecule has 18 heavy (non-hydrogen) atoms.